The molecule has 0 aliphatic rings. The van der Waals surface area contributed by atoms with Crippen molar-refractivity contribution in [2.45, 2.75) is 18.4 Å². The fraction of sp³-hybridized carbons (Fsp3) is 0.0870. The second-order valence-electron chi connectivity index (χ2n) is 6.74. The van der Waals surface area contributed by atoms with Gasteiger partial charge < -0.3 is 0 Å². The number of aryl methyl sites for hydroxylation is 1. The lowest BCUT2D eigenvalue weighted by molar-refractivity contribution is 0.427. The number of thiophene rings is 1. The summed E-state index contributed by atoms with van der Waals surface area (Å²) in [6.07, 6.45) is 1.59. The van der Waals surface area contributed by atoms with E-state index < -0.39 is 10.0 Å². The maximum Gasteiger partial charge on any atom is 0.279 e. The second kappa shape index (κ2) is 8.19. The van der Waals surface area contributed by atoms with Crippen molar-refractivity contribution >= 4 is 38.3 Å². The Balaban J connectivity index is 1.71. The molecule has 0 saturated heterocycles. The second-order valence-corrected chi connectivity index (χ2v) is 9.56. The molecule has 0 fully saturated rings. The van der Waals surface area contributed by atoms with Crippen molar-refractivity contribution in [2.75, 3.05) is 0 Å². The van der Waals surface area contributed by atoms with Crippen LogP contribution in [0, 0.1) is 6.92 Å². The Morgan fingerprint density at radius 1 is 0.931 bits per heavy atom. The van der Waals surface area contributed by atoms with E-state index in [1.165, 1.54) is 15.8 Å². The number of hydrazone groups is 1. The van der Waals surface area contributed by atoms with Crippen molar-refractivity contribution in [3.05, 3.63) is 100 Å². The number of rotatable bonds is 6. The standard InChI is InChI=1S/C23H20N2O2S2/c1-18-8-12-23(13-9-18)29(26,27)25(24-16-22-7-4-14-28-22)17-19-10-11-20-5-2-3-6-21(20)15-19/h2-16H,17H2,1H3/b24-16+. The van der Waals surface area contributed by atoms with Gasteiger partial charge in [0, 0.05) is 4.88 Å². The highest BCUT2D eigenvalue weighted by Crippen LogP contribution is 2.22. The third-order valence-corrected chi connectivity index (χ3v) is 7.04. The van der Waals surface area contributed by atoms with Crippen LogP contribution in [0.2, 0.25) is 0 Å². The normalized spacial score (nSPS) is 11.9. The first-order chi connectivity index (χ1) is 14.0. The topological polar surface area (TPSA) is 49.7 Å². The van der Waals surface area contributed by atoms with E-state index in [2.05, 4.69) is 5.10 Å². The van der Waals surface area contributed by atoms with Gasteiger partial charge in [-0.2, -0.15) is 17.9 Å². The van der Waals surface area contributed by atoms with Gasteiger partial charge in [0.2, 0.25) is 0 Å². The monoisotopic (exact) mass is 420 g/mol. The first kappa shape index (κ1) is 19.4. The fourth-order valence-corrected chi connectivity index (χ4v) is 4.79. The number of sulfonamides is 1. The van der Waals surface area contributed by atoms with Gasteiger partial charge in [-0.15, -0.1) is 11.3 Å². The Bertz CT molecular complexity index is 1250. The molecule has 146 valence electrons. The average molecular weight is 421 g/mol. The van der Waals surface area contributed by atoms with E-state index in [-0.39, 0.29) is 11.4 Å². The summed E-state index contributed by atoms with van der Waals surface area (Å²) in [6, 6.07) is 24.6. The quantitative estimate of drug-likeness (QED) is 0.308. The van der Waals surface area contributed by atoms with Crippen LogP contribution in [-0.4, -0.2) is 19.0 Å². The molecule has 0 spiro atoms. The summed E-state index contributed by atoms with van der Waals surface area (Å²) in [6.45, 7) is 2.08. The predicted molar refractivity (Wildman–Crippen MR) is 120 cm³/mol. The molecule has 0 aliphatic heterocycles. The molecule has 6 heteroatoms. The maximum absolute atomic E-state index is 13.3. The lowest BCUT2D eigenvalue weighted by Crippen LogP contribution is -2.26. The Hall–Kier alpha value is -2.96. The molecular formula is C23H20N2O2S2. The summed E-state index contributed by atoms with van der Waals surface area (Å²) in [7, 11) is -3.78. The lowest BCUT2D eigenvalue weighted by Gasteiger charge is -2.19. The summed E-state index contributed by atoms with van der Waals surface area (Å²) in [5, 5.41) is 8.46. The number of hydrogen-bond donors (Lipinski definition) is 0. The van der Waals surface area contributed by atoms with Crippen LogP contribution in [0.25, 0.3) is 10.8 Å². The van der Waals surface area contributed by atoms with Crippen LogP contribution >= 0.6 is 11.3 Å². The van der Waals surface area contributed by atoms with Gasteiger partial charge in [-0.05, 0) is 52.9 Å². The smallest absolute Gasteiger partial charge is 0.200 e. The minimum Gasteiger partial charge on any atom is -0.200 e. The van der Waals surface area contributed by atoms with E-state index in [0.717, 1.165) is 26.8 Å². The number of benzene rings is 3. The molecule has 0 aliphatic carbocycles. The summed E-state index contributed by atoms with van der Waals surface area (Å²) in [5.41, 5.74) is 1.88. The van der Waals surface area contributed by atoms with Crippen LogP contribution in [0.1, 0.15) is 16.0 Å². The Morgan fingerprint density at radius 2 is 1.69 bits per heavy atom. The highest BCUT2D eigenvalue weighted by atomic mass is 32.2. The number of hydrogen-bond acceptors (Lipinski definition) is 4. The minimum absolute atomic E-state index is 0.156. The van der Waals surface area contributed by atoms with Gasteiger partial charge >= 0.3 is 0 Å². The number of fused-ring (bicyclic) bond motifs is 1. The van der Waals surface area contributed by atoms with Crippen LogP contribution in [0.4, 0.5) is 0 Å². The van der Waals surface area contributed by atoms with E-state index >= 15 is 0 Å². The molecule has 1 aromatic heterocycles. The molecular weight excluding hydrogens is 400 g/mol. The van der Waals surface area contributed by atoms with E-state index in [9.17, 15) is 8.42 Å². The molecule has 0 radical (unpaired) electrons. The van der Waals surface area contributed by atoms with Crippen molar-refractivity contribution in [1.29, 1.82) is 0 Å². The third kappa shape index (κ3) is 4.39. The van der Waals surface area contributed by atoms with Gasteiger partial charge in [0.05, 0.1) is 17.7 Å². The zero-order valence-electron chi connectivity index (χ0n) is 15.9. The summed E-state index contributed by atoms with van der Waals surface area (Å²) < 4.78 is 27.7. The lowest BCUT2D eigenvalue weighted by atomic mass is 10.1. The molecule has 3 aromatic carbocycles. The van der Waals surface area contributed by atoms with E-state index in [1.807, 2.05) is 66.9 Å². The van der Waals surface area contributed by atoms with Gasteiger partial charge in [0.25, 0.3) is 10.0 Å². The molecule has 4 aromatic rings. The Morgan fingerprint density at radius 3 is 2.41 bits per heavy atom. The molecule has 0 bridgehead atoms. The molecule has 0 N–H and O–H groups in total. The Labute approximate surface area is 174 Å². The van der Waals surface area contributed by atoms with Gasteiger partial charge in [-0.1, -0.05) is 60.2 Å². The first-order valence-electron chi connectivity index (χ1n) is 9.17. The SMILES string of the molecule is Cc1ccc(S(=O)(=O)N(Cc2ccc3ccccc3c2)/N=C/c2cccs2)cc1. The first-order valence-corrected chi connectivity index (χ1v) is 11.5. The van der Waals surface area contributed by atoms with Crippen LogP contribution in [0.5, 0.6) is 0 Å². The van der Waals surface area contributed by atoms with Crippen molar-refractivity contribution in [3.63, 3.8) is 0 Å². The number of nitrogens with zero attached hydrogens (tertiary/aromatic N) is 2. The molecule has 0 atom stereocenters. The van der Waals surface area contributed by atoms with Crippen LogP contribution in [-0.2, 0) is 16.6 Å². The highest BCUT2D eigenvalue weighted by Gasteiger charge is 2.23. The van der Waals surface area contributed by atoms with Crippen molar-refractivity contribution < 1.29 is 8.42 Å². The van der Waals surface area contributed by atoms with Crippen molar-refractivity contribution in [1.82, 2.24) is 4.41 Å². The predicted octanol–water partition coefficient (Wildman–Crippen LogP) is 5.43. The van der Waals surface area contributed by atoms with Crippen LogP contribution < -0.4 is 0 Å². The van der Waals surface area contributed by atoms with Crippen LogP contribution in [0.15, 0.2) is 94.2 Å². The van der Waals surface area contributed by atoms with Gasteiger partial charge in [0.1, 0.15) is 0 Å². The Kier molecular flexibility index (Phi) is 5.47. The molecule has 4 nitrogen and oxygen atoms in total. The summed E-state index contributed by atoms with van der Waals surface area (Å²) >= 11 is 1.51. The van der Waals surface area contributed by atoms with Crippen LogP contribution in [0.3, 0.4) is 0 Å². The molecule has 29 heavy (non-hydrogen) atoms. The largest absolute Gasteiger partial charge is 0.279 e. The summed E-state index contributed by atoms with van der Waals surface area (Å²) in [4.78, 5) is 1.12. The van der Waals surface area contributed by atoms with Crippen molar-refractivity contribution in [2.24, 2.45) is 5.10 Å². The van der Waals surface area contributed by atoms with Gasteiger partial charge in [0.15, 0.2) is 0 Å². The van der Waals surface area contributed by atoms with E-state index in [4.69, 9.17) is 0 Å². The molecule has 4 rings (SSSR count). The average Bonchev–Trinajstić information content (AvgIpc) is 3.25. The maximum atomic E-state index is 13.3. The molecule has 0 saturated carbocycles. The molecule has 0 unspecified atom stereocenters. The van der Waals surface area contributed by atoms with Crippen molar-refractivity contribution in [3.8, 4) is 0 Å². The van der Waals surface area contributed by atoms with E-state index in [1.54, 1.807) is 30.5 Å². The van der Waals surface area contributed by atoms with Gasteiger partial charge in [-0.25, -0.2) is 0 Å². The molecule has 0 amide bonds. The zero-order valence-corrected chi connectivity index (χ0v) is 17.5. The fourth-order valence-electron chi connectivity index (χ4n) is 3.00. The molecule has 1 heterocycles. The zero-order chi connectivity index (χ0) is 20.3. The van der Waals surface area contributed by atoms with E-state index in [0.29, 0.717) is 0 Å². The van der Waals surface area contributed by atoms with Gasteiger partial charge in [-0.3, -0.25) is 0 Å². The highest BCUT2D eigenvalue weighted by molar-refractivity contribution is 7.89. The minimum atomic E-state index is -3.78. The third-order valence-electron chi connectivity index (χ3n) is 4.58. The summed E-state index contributed by atoms with van der Waals surface area (Å²) in [5.74, 6) is 0.